The molecule has 0 aromatic heterocycles. The van der Waals surface area contributed by atoms with Gasteiger partial charge >= 0.3 is 0 Å². The highest BCUT2D eigenvalue weighted by molar-refractivity contribution is 7.89. The van der Waals surface area contributed by atoms with Gasteiger partial charge in [0.25, 0.3) is 0 Å². The molecule has 2 rings (SSSR count). The van der Waals surface area contributed by atoms with Crippen LogP contribution >= 0.6 is 0 Å². The minimum atomic E-state index is -3.43. The van der Waals surface area contributed by atoms with Crippen LogP contribution in [0, 0.1) is 11.3 Å². The highest BCUT2D eigenvalue weighted by Gasteiger charge is 2.59. The SMILES string of the molecule is COCO[C@@H]1CC[C@H](CCO)[C@@]2(CO)CCN(S(=O)(=O)CC[Si](C)(C)C)[C@@H]12. The van der Waals surface area contributed by atoms with Crippen LogP contribution in [0.15, 0.2) is 0 Å². The molecule has 1 saturated carbocycles. The maximum Gasteiger partial charge on any atom is 0.214 e. The molecular formula is C18H37NO6SSi. The molecule has 0 amide bonds. The summed E-state index contributed by atoms with van der Waals surface area (Å²) in [6.45, 7) is 7.00. The average Bonchev–Trinajstić information content (AvgIpc) is 3.01. The first-order valence-corrected chi connectivity index (χ1v) is 15.2. The second-order valence-electron chi connectivity index (χ2n) is 9.22. The largest absolute Gasteiger partial charge is 0.396 e. The monoisotopic (exact) mass is 423 g/mol. The van der Waals surface area contributed by atoms with E-state index in [0.717, 1.165) is 6.42 Å². The van der Waals surface area contributed by atoms with Crippen LogP contribution in [0.4, 0.5) is 0 Å². The lowest BCUT2D eigenvalue weighted by atomic mass is 9.62. The molecule has 2 N–H and O–H groups in total. The van der Waals surface area contributed by atoms with Crippen LogP contribution in [0.3, 0.4) is 0 Å². The van der Waals surface area contributed by atoms with Gasteiger partial charge in [0.2, 0.25) is 10.0 Å². The molecule has 0 aromatic rings. The van der Waals surface area contributed by atoms with E-state index in [4.69, 9.17) is 9.47 Å². The first-order chi connectivity index (χ1) is 12.6. The summed E-state index contributed by atoms with van der Waals surface area (Å²) >= 11 is 0. The Hall–Kier alpha value is -0.0331. The summed E-state index contributed by atoms with van der Waals surface area (Å²) in [6.07, 6.45) is 2.42. The summed E-state index contributed by atoms with van der Waals surface area (Å²) in [7, 11) is -3.38. The van der Waals surface area contributed by atoms with E-state index in [1.807, 2.05) is 0 Å². The maximum absolute atomic E-state index is 13.2. The zero-order chi connectivity index (χ0) is 20.3. The molecule has 1 saturated heterocycles. The molecule has 1 aliphatic carbocycles. The average molecular weight is 424 g/mol. The summed E-state index contributed by atoms with van der Waals surface area (Å²) in [5.41, 5.74) is -0.550. The minimum absolute atomic E-state index is 0.0467. The van der Waals surface area contributed by atoms with E-state index < -0.39 is 29.6 Å². The van der Waals surface area contributed by atoms with Crippen molar-refractivity contribution in [3.8, 4) is 0 Å². The molecule has 0 spiro atoms. The number of ether oxygens (including phenoxy) is 2. The first-order valence-electron chi connectivity index (χ1n) is 9.93. The van der Waals surface area contributed by atoms with E-state index in [1.165, 1.54) is 0 Å². The second kappa shape index (κ2) is 9.19. The van der Waals surface area contributed by atoms with Gasteiger partial charge in [0, 0.05) is 33.8 Å². The molecule has 1 aliphatic heterocycles. The van der Waals surface area contributed by atoms with E-state index in [2.05, 4.69) is 19.6 Å². The zero-order valence-corrected chi connectivity index (χ0v) is 19.0. The van der Waals surface area contributed by atoms with Crippen molar-refractivity contribution < 1.29 is 28.1 Å². The van der Waals surface area contributed by atoms with Gasteiger partial charge in [-0.15, -0.1) is 0 Å². The van der Waals surface area contributed by atoms with Crippen LogP contribution in [0.25, 0.3) is 0 Å². The predicted molar refractivity (Wildman–Crippen MR) is 108 cm³/mol. The summed E-state index contributed by atoms with van der Waals surface area (Å²) in [4.78, 5) is 0. The van der Waals surface area contributed by atoms with Gasteiger partial charge in [0.1, 0.15) is 6.79 Å². The highest BCUT2D eigenvalue weighted by atomic mass is 32.2. The number of aliphatic hydroxyl groups is 2. The third-order valence-electron chi connectivity index (χ3n) is 6.30. The van der Waals surface area contributed by atoms with Gasteiger partial charge in [0.05, 0.1) is 24.5 Å². The Kier molecular flexibility index (Phi) is 7.91. The molecule has 27 heavy (non-hydrogen) atoms. The molecule has 0 aromatic carbocycles. The zero-order valence-electron chi connectivity index (χ0n) is 17.2. The van der Waals surface area contributed by atoms with Crippen LogP contribution in [0.1, 0.15) is 25.7 Å². The lowest BCUT2D eigenvalue weighted by molar-refractivity contribution is -0.140. The van der Waals surface area contributed by atoms with Crippen molar-refractivity contribution in [3.05, 3.63) is 0 Å². The Labute approximate surface area is 165 Å². The third kappa shape index (κ3) is 5.12. The number of rotatable bonds is 10. The summed E-state index contributed by atoms with van der Waals surface area (Å²) in [5, 5.41) is 19.8. The van der Waals surface area contributed by atoms with Crippen molar-refractivity contribution in [3.63, 3.8) is 0 Å². The lowest BCUT2D eigenvalue weighted by Crippen LogP contribution is -2.58. The van der Waals surface area contributed by atoms with Gasteiger partial charge in [0.15, 0.2) is 0 Å². The third-order valence-corrected chi connectivity index (χ3v) is 10.3. The van der Waals surface area contributed by atoms with Crippen molar-refractivity contribution in [1.82, 2.24) is 4.31 Å². The predicted octanol–water partition coefficient (Wildman–Crippen LogP) is 1.49. The van der Waals surface area contributed by atoms with E-state index in [0.29, 0.717) is 31.9 Å². The van der Waals surface area contributed by atoms with Crippen molar-refractivity contribution in [2.24, 2.45) is 11.3 Å². The summed E-state index contributed by atoms with van der Waals surface area (Å²) < 4.78 is 39.0. The molecule has 160 valence electrons. The molecule has 7 nitrogen and oxygen atoms in total. The molecular weight excluding hydrogens is 386 g/mol. The highest BCUT2D eigenvalue weighted by Crippen LogP contribution is 2.53. The molecule has 4 atom stereocenters. The van der Waals surface area contributed by atoms with Crippen molar-refractivity contribution in [2.75, 3.05) is 39.4 Å². The molecule has 0 radical (unpaired) electrons. The standard InChI is InChI=1S/C18H37NO6SSi/c1-24-14-25-16-6-5-15(7-10-20)18(13-21)8-9-19(17(16)18)26(22,23)11-12-27(2,3)4/h15-17,20-21H,5-14H2,1-4H3/t15-,16-,17+,18+/m1/s1. The number of aliphatic hydroxyl groups excluding tert-OH is 2. The molecule has 9 heteroatoms. The van der Waals surface area contributed by atoms with Gasteiger partial charge < -0.3 is 19.7 Å². The van der Waals surface area contributed by atoms with Gasteiger partial charge in [-0.1, -0.05) is 19.6 Å². The molecule has 2 fully saturated rings. The number of hydrogen-bond donors (Lipinski definition) is 2. The van der Waals surface area contributed by atoms with Crippen LogP contribution in [0.5, 0.6) is 0 Å². The van der Waals surface area contributed by atoms with E-state index in [-0.39, 0.29) is 37.8 Å². The quantitative estimate of drug-likeness (QED) is 0.408. The summed E-state index contributed by atoms with van der Waals surface area (Å²) in [5.74, 6) is 0.250. The van der Waals surface area contributed by atoms with Gasteiger partial charge in [-0.3, -0.25) is 0 Å². The van der Waals surface area contributed by atoms with E-state index in [1.54, 1.807) is 11.4 Å². The number of methoxy groups -OCH3 is 1. The first kappa shape index (κ1) is 23.2. The Bertz CT molecular complexity index is 581. The second-order valence-corrected chi connectivity index (χ2v) is 16.9. The topological polar surface area (TPSA) is 96.3 Å². The Morgan fingerprint density at radius 2 is 1.93 bits per heavy atom. The van der Waals surface area contributed by atoms with E-state index >= 15 is 0 Å². The Morgan fingerprint density at radius 1 is 1.22 bits per heavy atom. The fourth-order valence-electron chi connectivity index (χ4n) is 4.79. The molecule has 0 bridgehead atoms. The fourth-order valence-corrected chi connectivity index (χ4v) is 9.56. The Morgan fingerprint density at radius 3 is 2.48 bits per heavy atom. The lowest BCUT2D eigenvalue weighted by Gasteiger charge is -2.49. The Balaban J connectivity index is 2.33. The normalized spacial score (nSPS) is 32.6. The van der Waals surface area contributed by atoms with Crippen LogP contribution in [-0.4, -0.2) is 82.6 Å². The number of sulfonamides is 1. The van der Waals surface area contributed by atoms with Crippen LogP contribution in [0.2, 0.25) is 25.7 Å². The van der Waals surface area contributed by atoms with Gasteiger partial charge in [-0.2, -0.15) is 4.31 Å². The van der Waals surface area contributed by atoms with Crippen LogP contribution < -0.4 is 0 Å². The van der Waals surface area contributed by atoms with Gasteiger partial charge in [-0.25, -0.2) is 8.42 Å². The molecule has 2 aliphatic rings. The maximum atomic E-state index is 13.2. The minimum Gasteiger partial charge on any atom is -0.396 e. The fraction of sp³-hybridized carbons (Fsp3) is 1.00. The van der Waals surface area contributed by atoms with Crippen LogP contribution in [-0.2, 0) is 19.5 Å². The summed E-state index contributed by atoms with van der Waals surface area (Å²) in [6, 6.07) is 0.323. The number of fused-ring (bicyclic) bond motifs is 1. The van der Waals surface area contributed by atoms with Crippen molar-refractivity contribution in [2.45, 2.75) is 63.5 Å². The van der Waals surface area contributed by atoms with Crippen molar-refractivity contribution in [1.29, 1.82) is 0 Å². The van der Waals surface area contributed by atoms with Crippen molar-refractivity contribution >= 4 is 18.1 Å². The number of nitrogens with zero attached hydrogens (tertiary/aromatic N) is 1. The smallest absolute Gasteiger partial charge is 0.214 e. The molecule has 0 unspecified atom stereocenters. The number of hydrogen-bond acceptors (Lipinski definition) is 6. The van der Waals surface area contributed by atoms with E-state index in [9.17, 15) is 18.6 Å². The molecule has 1 heterocycles. The van der Waals surface area contributed by atoms with Gasteiger partial charge in [-0.05, 0) is 37.6 Å².